The first-order valence-corrected chi connectivity index (χ1v) is 10.8. The molecule has 0 saturated carbocycles. The second-order valence-electron chi connectivity index (χ2n) is 7.37. The van der Waals surface area contributed by atoms with Crippen LogP contribution in [0.2, 0.25) is 0 Å². The standard InChI is InChI=1S/C22H37N5O2.HI/c1-5-26(6-2)15-9-11-18(3)25-22(23-4)24-14-10-16-27-19-12-7-8-13-20(19)29-17-21(27)28;/h7-8,12-13,18H,5-6,9-11,14-17H2,1-4H3,(H2,23,24,25);1H. The molecule has 30 heavy (non-hydrogen) atoms. The molecular weight excluding hydrogens is 493 g/mol. The Labute approximate surface area is 198 Å². The van der Waals surface area contributed by atoms with Crippen LogP contribution in [0.15, 0.2) is 29.3 Å². The molecule has 0 aromatic heterocycles. The Hall–Kier alpha value is -1.55. The van der Waals surface area contributed by atoms with Crippen molar-refractivity contribution in [3.8, 4) is 5.75 Å². The van der Waals surface area contributed by atoms with Crippen LogP contribution in [0, 0.1) is 0 Å². The number of benzene rings is 1. The van der Waals surface area contributed by atoms with Crippen LogP contribution in [-0.4, -0.2) is 69.2 Å². The molecular formula is C22H38IN5O2. The van der Waals surface area contributed by atoms with Crippen molar-refractivity contribution in [3.05, 3.63) is 24.3 Å². The van der Waals surface area contributed by atoms with E-state index in [9.17, 15) is 4.79 Å². The summed E-state index contributed by atoms with van der Waals surface area (Å²) in [6.45, 7) is 11.5. The summed E-state index contributed by atoms with van der Waals surface area (Å²) in [5.74, 6) is 1.60. The van der Waals surface area contributed by atoms with Crippen LogP contribution < -0.4 is 20.3 Å². The van der Waals surface area contributed by atoms with Gasteiger partial charge < -0.3 is 25.2 Å². The third kappa shape index (κ3) is 8.29. The van der Waals surface area contributed by atoms with Crippen molar-refractivity contribution in [3.63, 3.8) is 0 Å². The molecule has 0 aliphatic carbocycles. The van der Waals surface area contributed by atoms with Crippen molar-refractivity contribution in [2.24, 2.45) is 4.99 Å². The molecule has 0 radical (unpaired) electrons. The van der Waals surface area contributed by atoms with Crippen LogP contribution in [0.25, 0.3) is 0 Å². The number of carbonyl (C=O) groups is 1. The lowest BCUT2D eigenvalue weighted by molar-refractivity contribution is -0.121. The quantitative estimate of drug-likeness (QED) is 0.199. The third-order valence-corrected chi connectivity index (χ3v) is 5.27. The Bertz CT molecular complexity index is 667. The molecule has 2 rings (SSSR count). The number of guanidine groups is 1. The van der Waals surface area contributed by atoms with Crippen molar-refractivity contribution in [1.82, 2.24) is 15.5 Å². The van der Waals surface area contributed by atoms with Gasteiger partial charge in [0.15, 0.2) is 12.6 Å². The summed E-state index contributed by atoms with van der Waals surface area (Å²) in [7, 11) is 1.79. The number of amides is 1. The summed E-state index contributed by atoms with van der Waals surface area (Å²) < 4.78 is 5.49. The summed E-state index contributed by atoms with van der Waals surface area (Å²) >= 11 is 0. The van der Waals surface area contributed by atoms with Gasteiger partial charge in [-0.2, -0.15) is 0 Å². The number of carbonyl (C=O) groups excluding carboxylic acids is 1. The number of rotatable bonds is 11. The number of para-hydroxylation sites is 2. The molecule has 1 heterocycles. The first-order chi connectivity index (χ1) is 14.1. The van der Waals surface area contributed by atoms with E-state index in [1.54, 1.807) is 7.05 Å². The molecule has 1 unspecified atom stereocenters. The molecule has 0 spiro atoms. The average Bonchev–Trinajstić information content (AvgIpc) is 2.74. The minimum absolute atomic E-state index is 0. The van der Waals surface area contributed by atoms with Crippen molar-refractivity contribution in [2.75, 3.05) is 51.3 Å². The van der Waals surface area contributed by atoms with Crippen molar-refractivity contribution in [2.45, 2.75) is 46.1 Å². The van der Waals surface area contributed by atoms with E-state index in [2.05, 4.69) is 41.3 Å². The number of nitrogens with zero attached hydrogens (tertiary/aromatic N) is 3. The zero-order valence-electron chi connectivity index (χ0n) is 18.8. The van der Waals surface area contributed by atoms with E-state index in [0.717, 1.165) is 56.4 Å². The number of fused-ring (bicyclic) bond motifs is 1. The smallest absolute Gasteiger partial charge is 0.265 e. The van der Waals surface area contributed by atoms with Crippen molar-refractivity contribution >= 4 is 41.5 Å². The second kappa shape index (κ2) is 14.5. The molecule has 1 amide bonds. The van der Waals surface area contributed by atoms with Crippen LogP contribution >= 0.6 is 24.0 Å². The largest absolute Gasteiger partial charge is 0.482 e. The lowest BCUT2D eigenvalue weighted by atomic mass is 10.2. The van der Waals surface area contributed by atoms with E-state index in [4.69, 9.17) is 4.74 Å². The zero-order valence-corrected chi connectivity index (χ0v) is 21.1. The van der Waals surface area contributed by atoms with Gasteiger partial charge in [-0.05, 0) is 58.0 Å². The van der Waals surface area contributed by atoms with E-state index in [1.807, 2.05) is 29.2 Å². The van der Waals surface area contributed by atoms with Gasteiger partial charge in [-0.15, -0.1) is 24.0 Å². The molecule has 170 valence electrons. The van der Waals surface area contributed by atoms with Gasteiger partial charge in [-0.3, -0.25) is 9.79 Å². The Balaban J connectivity index is 0.00000450. The lowest BCUT2D eigenvalue weighted by Crippen LogP contribution is -2.44. The minimum Gasteiger partial charge on any atom is -0.482 e. The fourth-order valence-electron chi connectivity index (χ4n) is 3.50. The van der Waals surface area contributed by atoms with Gasteiger partial charge in [0.05, 0.1) is 5.69 Å². The number of ether oxygens (including phenoxy) is 1. The molecule has 1 aliphatic rings. The van der Waals surface area contributed by atoms with Gasteiger partial charge in [-0.25, -0.2) is 0 Å². The molecule has 0 fully saturated rings. The molecule has 1 aliphatic heterocycles. The minimum atomic E-state index is 0. The molecule has 7 nitrogen and oxygen atoms in total. The second-order valence-corrected chi connectivity index (χ2v) is 7.37. The highest BCUT2D eigenvalue weighted by molar-refractivity contribution is 14.0. The lowest BCUT2D eigenvalue weighted by Gasteiger charge is -2.29. The fourth-order valence-corrected chi connectivity index (χ4v) is 3.50. The maximum atomic E-state index is 12.2. The maximum absolute atomic E-state index is 12.2. The summed E-state index contributed by atoms with van der Waals surface area (Å²) in [5, 5.41) is 6.82. The van der Waals surface area contributed by atoms with Crippen LogP contribution in [0.5, 0.6) is 5.75 Å². The summed E-state index contributed by atoms with van der Waals surface area (Å²) in [5.41, 5.74) is 0.855. The van der Waals surface area contributed by atoms with Crippen LogP contribution in [0.1, 0.15) is 40.0 Å². The zero-order chi connectivity index (χ0) is 21.1. The summed E-state index contributed by atoms with van der Waals surface area (Å²) in [4.78, 5) is 20.8. The van der Waals surface area contributed by atoms with Crippen LogP contribution in [0.3, 0.4) is 0 Å². The molecule has 2 N–H and O–H groups in total. The summed E-state index contributed by atoms with van der Waals surface area (Å²) in [6.07, 6.45) is 3.11. The Morgan fingerprint density at radius 3 is 2.70 bits per heavy atom. The highest BCUT2D eigenvalue weighted by atomic mass is 127. The van der Waals surface area contributed by atoms with Gasteiger partial charge >= 0.3 is 0 Å². The van der Waals surface area contributed by atoms with E-state index < -0.39 is 0 Å². The number of aliphatic imine (C=N–C) groups is 1. The number of anilines is 1. The monoisotopic (exact) mass is 531 g/mol. The average molecular weight is 531 g/mol. The molecule has 0 saturated heterocycles. The van der Waals surface area contributed by atoms with Gasteiger partial charge in [0.25, 0.3) is 5.91 Å². The highest BCUT2D eigenvalue weighted by Crippen LogP contribution is 2.31. The Kier molecular flexibility index (Phi) is 12.8. The molecule has 1 atom stereocenters. The predicted molar refractivity (Wildman–Crippen MR) is 135 cm³/mol. The predicted octanol–water partition coefficient (Wildman–Crippen LogP) is 3.10. The number of hydrogen-bond donors (Lipinski definition) is 2. The van der Waals surface area contributed by atoms with Crippen LogP contribution in [0.4, 0.5) is 5.69 Å². The third-order valence-electron chi connectivity index (χ3n) is 5.27. The van der Waals surface area contributed by atoms with E-state index in [1.165, 1.54) is 6.42 Å². The van der Waals surface area contributed by atoms with E-state index >= 15 is 0 Å². The molecule has 0 bridgehead atoms. The van der Waals surface area contributed by atoms with E-state index in [-0.39, 0.29) is 36.5 Å². The van der Waals surface area contributed by atoms with Crippen molar-refractivity contribution < 1.29 is 9.53 Å². The van der Waals surface area contributed by atoms with E-state index in [0.29, 0.717) is 12.6 Å². The Morgan fingerprint density at radius 1 is 1.27 bits per heavy atom. The highest BCUT2D eigenvalue weighted by Gasteiger charge is 2.24. The van der Waals surface area contributed by atoms with Gasteiger partial charge in [0.2, 0.25) is 0 Å². The summed E-state index contributed by atoms with van der Waals surface area (Å²) in [6, 6.07) is 8.05. The number of halogens is 1. The molecule has 8 heteroatoms. The SMILES string of the molecule is CCN(CC)CCCC(C)NC(=NC)NCCCN1C(=O)COc2ccccc21.I. The topological polar surface area (TPSA) is 69.2 Å². The molecule has 1 aromatic rings. The number of hydrogen-bond acceptors (Lipinski definition) is 4. The fraction of sp³-hybridized carbons (Fsp3) is 0.636. The van der Waals surface area contributed by atoms with Gasteiger partial charge in [-0.1, -0.05) is 26.0 Å². The van der Waals surface area contributed by atoms with Crippen molar-refractivity contribution in [1.29, 1.82) is 0 Å². The first-order valence-electron chi connectivity index (χ1n) is 10.8. The normalized spacial score (nSPS) is 14.6. The molecule has 1 aromatic carbocycles. The van der Waals surface area contributed by atoms with Gasteiger partial charge in [0, 0.05) is 26.2 Å². The first kappa shape index (κ1) is 26.5. The Morgan fingerprint density at radius 2 is 2.00 bits per heavy atom. The maximum Gasteiger partial charge on any atom is 0.265 e. The number of nitrogens with one attached hydrogen (secondary N) is 2. The van der Waals surface area contributed by atoms with Crippen LogP contribution in [-0.2, 0) is 4.79 Å². The van der Waals surface area contributed by atoms with Gasteiger partial charge in [0.1, 0.15) is 5.75 Å².